The molecule has 2 atom stereocenters. The normalized spacial score (nSPS) is 29.0. The van der Waals surface area contributed by atoms with Crippen molar-refractivity contribution in [3.63, 3.8) is 0 Å². The van der Waals surface area contributed by atoms with Gasteiger partial charge in [0.1, 0.15) is 0 Å². The molecular weight excluding hydrogens is 260 g/mol. The van der Waals surface area contributed by atoms with Gasteiger partial charge in [0.25, 0.3) is 0 Å². The Labute approximate surface area is 128 Å². The first-order chi connectivity index (χ1) is 10.0. The fourth-order valence-electron chi connectivity index (χ4n) is 3.73. The summed E-state index contributed by atoms with van der Waals surface area (Å²) in [6.07, 6.45) is 5.14. The first-order valence-corrected chi connectivity index (χ1v) is 8.25. The molecular formula is C18H30N2O. The third-order valence-corrected chi connectivity index (χ3v) is 4.85. The first-order valence-electron chi connectivity index (χ1n) is 8.25. The standard InChI is InChI=1S/C18H30N2O/c1-14(12-15(2)21)20-18(13-19)10-8-17(9-11-18)16-6-4-3-5-7-16/h3-7,14-15,17,20-21H,8-13,19H2,1-2H3. The lowest BCUT2D eigenvalue weighted by Gasteiger charge is -2.42. The lowest BCUT2D eigenvalue weighted by Crippen LogP contribution is -2.56. The Morgan fingerprint density at radius 3 is 2.38 bits per heavy atom. The summed E-state index contributed by atoms with van der Waals surface area (Å²) in [4.78, 5) is 0. The Balaban J connectivity index is 1.93. The minimum Gasteiger partial charge on any atom is -0.393 e. The molecule has 0 aliphatic heterocycles. The van der Waals surface area contributed by atoms with Crippen LogP contribution in [0.15, 0.2) is 30.3 Å². The fraction of sp³-hybridized carbons (Fsp3) is 0.667. The van der Waals surface area contributed by atoms with Crippen molar-refractivity contribution in [1.82, 2.24) is 5.32 Å². The second kappa shape index (κ2) is 7.39. The van der Waals surface area contributed by atoms with E-state index in [2.05, 4.69) is 42.6 Å². The van der Waals surface area contributed by atoms with Crippen LogP contribution in [0.5, 0.6) is 0 Å². The van der Waals surface area contributed by atoms with Gasteiger partial charge in [0.05, 0.1) is 6.10 Å². The summed E-state index contributed by atoms with van der Waals surface area (Å²) in [7, 11) is 0. The maximum absolute atomic E-state index is 9.53. The molecule has 1 fully saturated rings. The Morgan fingerprint density at radius 2 is 1.86 bits per heavy atom. The Kier molecular flexibility index (Phi) is 5.80. The van der Waals surface area contributed by atoms with Gasteiger partial charge < -0.3 is 16.2 Å². The topological polar surface area (TPSA) is 58.3 Å². The fourth-order valence-corrected chi connectivity index (χ4v) is 3.73. The molecule has 118 valence electrons. The van der Waals surface area contributed by atoms with Crippen molar-refractivity contribution in [3.8, 4) is 0 Å². The smallest absolute Gasteiger partial charge is 0.0526 e. The number of nitrogens with one attached hydrogen (secondary N) is 1. The number of aliphatic hydroxyl groups excluding tert-OH is 1. The molecule has 0 aromatic heterocycles. The van der Waals surface area contributed by atoms with Gasteiger partial charge in [0, 0.05) is 18.1 Å². The van der Waals surface area contributed by atoms with Gasteiger partial charge in [-0.1, -0.05) is 30.3 Å². The number of hydrogen-bond donors (Lipinski definition) is 3. The van der Waals surface area contributed by atoms with Crippen molar-refractivity contribution in [2.75, 3.05) is 6.54 Å². The molecule has 2 unspecified atom stereocenters. The summed E-state index contributed by atoms with van der Waals surface area (Å²) in [5.74, 6) is 0.666. The lowest BCUT2D eigenvalue weighted by atomic mass is 9.73. The minimum absolute atomic E-state index is 0.0551. The molecule has 1 aromatic rings. The molecule has 1 saturated carbocycles. The molecule has 0 spiro atoms. The zero-order valence-electron chi connectivity index (χ0n) is 13.4. The van der Waals surface area contributed by atoms with Crippen LogP contribution < -0.4 is 11.1 Å². The van der Waals surface area contributed by atoms with Gasteiger partial charge in [-0.2, -0.15) is 0 Å². The molecule has 1 aliphatic rings. The van der Waals surface area contributed by atoms with Gasteiger partial charge in [-0.3, -0.25) is 0 Å². The Hall–Kier alpha value is -0.900. The number of nitrogens with two attached hydrogens (primary N) is 1. The average Bonchev–Trinajstić information content (AvgIpc) is 2.48. The van der Waals surface area contributed by atoms with Gasteiger partial charge in [0.15, 0.2) is 0 Å². The highest BCUT2D eigenvalue weighted by molar-refractivity contribution is 5.20. The molecule has 3 nitrogen and oxygen atoms in total. The summed E-state index contributed by atoms with van der Waals surface area (Å²) in [5, 5.41) is 13.2. The maximum Gasteiger partial charge on any atom is 0.0526 e. The summed E-state index contributed by atoms with van der Waals surface area (Å²) in [5.41, 5.74) is 7.59. The van der Waals surface area contributed by atoms with Crippen LogP contribution in [-0.2, 0) is 0 Å². The predicted octanol–water partition coefficient (Wildman–Crippen LogP) is 2.79. The molecule has 2 rings (SSSR count). The Morgan fingerprint density at radius 1 is 1.24 bits per heavy atom. The van der Waals surface area contributed by atoms with Crippen LogP contribution >= 0.6 is 0 Å². The van der Waals surface area contributed by atoms with Gasteiger partial charge in [-0.05, 0) is 57.4 Å². The first kappa shape index (κ1) is 16.5. The van der Waals surface area contributed by atoms with Crippen LogP contribution in [0.3, 0.4) is 0 Å². The highest BCUT2D eigenvalue weighted by Crippen LogP contribution is 2.37. The largest absolute Gasteiger partial charge is 0.393 e. The molecule has 0 saturated heterocycles. The van der Waals surface area contributed by atoms with Gasteiger partial charge in [0.2, 0.25) is 0 Å². The molecule has 0 amide bonds. The number of benzene rings is 1. The molecule has 0 radical (unpaired) electrons. The van der Waals surface area contributed by atoms with E-state index in [1.165, 1.54) is 18.4 Å². The van der Waals surface area contributed by atoms with Crippen molar-refractivity contribution in [3.05, 3.63) is 35.9 Å². The van der Waals surface area contributed by atoms with E-state index in [9.17, 15) is 5.11 Å². The highest BCUT2D eigenvalue weighted by atomic mass is 16.3. The second-order valence-corrected chi connectivity index (χ2v) is 6.80. The zero-order chi connectivity index (χ0) is 15.3. The third-order valence-electron chi connectivity index (χ3n) is 4.85. The van der Waals surface area contributed by atoms with Crippen molar-refractivity contribution >= 4 is 0 Å². The third kappa shape index (κ3) is 4.53. The number of aliphatic hydroxyl groups is 1. The van der Waals surface area contributed by atoms with Crippen LogP contribution in [0.4, 0.5) is 0 Å². The van der Waals surface area contributed by atoms with E-state index < -0.39 is 0 Å². The lowest BCUT2D eigenvalue weighted by molar-refractivity contribution is 0.144. The second-order valence-electron chi connectivity index (χ2n) is 6.80. The number of rotatable bonds is 6. The van der Waals surface area contributed by atoms with Crippen molar-refractivity contribution in [1.29, 1.82) is 0 Å². The predicted molar refractivity (Wildman–Crippen MR) is 88.3 cm³/mol. The van der Waals surface area contributed by atoms with E-state index in [0.717, 1.165) is 19.3 Å². The molecule has 21 heavy (non-hydrogen) atoms. The van der Waals surface area contributed by atoms with Crippen molar-refractivity contribution < 1.29 is 5.11 Å². The molecule has 4 N–H and O–H groups in total. The average molecular weight is 290 g/mol. The molecule has 1 aliphatic carbocycles. The quantitative estimate of drug-likeness (QED) is 0.755. The van der Waals surface area contributed by atoms with Gasteiger partial charge in [-0.15, -0.1) is 0 Å². The molecule has 0 bridgehead atoms. The monoisotopic (exact) mass is 290 g/mol. The number of hydrogen-bond acceptors (Lipinski definition) is 3. The van der Waals surface area contributed by atoms with E-state index in [0.29, 0.717) is 18.5 Å². The molecule has 3 heteroatoms. The molecule has 0 heterocycles. The van der Waals surface area contributed by atoms with Crippen LogP contribution in [0.25, 0.3) is 0 Å². The minimum atomic E-state index is -0.261. The van der Waals surface area contributed by atoms with E-state index in [4.69, 9.17) is 5.73 Å². The SMILES string of the molecule is CC(O)CC(C)NC1(CN)CCC(c2ccccc2)CC1. The van der Waals surface area contributed by atoms with Crippen LogP contribution in [-0.4, -0.2) is 29.3 Å². The van der Waals surface area contributed by atoms with Crippen molar-refractivity contribution in [2.24, 2.45) is 5.73 Å². The van der Waals surface area contributed by atoms with Crippen molar-refractivity contribution in [2.45, 2.75) is 69.6 Å². The van der Waals surface area contributed by atoms with E-state index in [1.54, 1.807) is 0 Å². The van der Waals surface area contributed by atoms with Gasteiger partial charge >= 0.3 is 0 Å². The van der Waals surface area contributed by atoms with Crippen LogP contribution in [0, 0.1) is 0 Å². The maximum atomic E-state index is 9.53. The van der Waals surface area contributed by atoms with Gasteiger partial charge in [-0.25, -0.2) is 0 Å². The summed E-state index contributed by atoms with van der Waals surface area (Å²) < 4.78 is 0. The molecule has 1 aromatic carbocycles. The summed E-state index contributed by atoms with van der Waals surface area (Å²) in [6, 6.07) is 11.1. The Bertz CT molecular complexity index is 410. The van der Waals surface area contributed by atoms with E-state index in [-0.39, 0.29) is 11.6 Å². The van der Waals surface area contributed by atoms with E-state index >= 15 is 0 Å². The summed E-state index contributed by atoms with van der Waals surface area (Å²) in [6.45, 7) is 4.67. The summed E-state index contributed by atoms with van der Waals surface area (Å²) >= 11 is 0. The van der Waals surface area contributed by atoms with E-state index in [1.807, 2.05) is 6.92 Å². The highest BCUT2D eigenvalue weighted by Gasteiger charge is 2.35. The van der Waals surface area contributed by atoms with Crippen LogP contribution in [0.2, 0.25) is 0 Å². The zero-order valence-corrected chi connectivity index (χ0v) is 13.4. The van der Waals surface area contributed by atoms with Crippen LogP contribution in [0.1, 0.15) is 57.4 Å².